The van der Waals surface area contributed by atoms with Gasteiger partial charge in [0.15, 0.2) is 5.12 Å². The molecule has 2 nitrogen and oxygen atoms in total. The minimum atomic E-state index is 0.216. The summed E-state index contributed by atoms with van der Waals surface area (Å²) in [6, 6.07) is 13.4. The van der Waals surface area contributed by atoms with Crippen LogP contribution in [-0.4, -0.2) is 15.4 Å². The molecule has 0 saturated carbocycles. The number of nitrogens with zero attached hydrogens (tertiary/aromatic N) is 1. The standard InChI is InChI=1S/C20H23NOS/c1-14-6-8-19-17(12-14)18-13-15(2)7-9-20(18)21(19)10-4-5-11-23-16(3)22/h6-9,12-13H,4-5,10-11H2,1-3H3. The molecule has 1 heterocycles. The molecule has 0 N–H and O–H groups in total. The van der Waals surface area contributed by atoms with Crippen molar-refractivity contribution in [2.75, 3.05) is 5.75 Å². The zero-order valence-corrected chi connectivity index (χ0v) is 14.9. The number of aryl methyl sites for hydroxylation is 3. The van der Waals surface area contributed by atoms with E-state index in [2.05, 4.69) is 54.8 Å². The van der Waals surface area contributed by atoms with Crippen molar-refractivity contribution < 1.29 is 4.79 Å². The van der Waals surface area contributed by atoms with E-state index in [1.165, 1.54) is 44.7 Å². The highest BCUT2D eigenvalue weighted by atomic mass is 32.2. The molecular weight excluding hydrogens is 302 g/mol. The van der Waals surface area contributed by atoms with Crippen LogP contribution in [0.25, 0.3) is 21.8 Å². The van der Waals surface area contributed by atoms with Crippen molar-refractivity contribution in [3.05, 3.63) is 47.5 Å². The molecule has 120 valence electrons. The molecule has 0 fully saturated rings. The van der Waals surface area contributed by atoms with E-state index in [1.807, 2.05) is 0 Å². The SMILES string of the molecule is CC(=O)SCCCCn1c2ccc(C)cc2c2cc(C)ccc21. The smallest absolute Gasteiger partial charge is 0.185 e. The first-order valence-corrected chi connectivity index (χ1v) is 9.17. The third-order valence-electron chi connectivity index (χ3n) is 4.26. The van der Waals surface area contributed by atoms with Gasteiger partial charge < -0.3 is 4.57 Å². The normalized spacial score (nSPS) is 11.4. The summed E-state index contributed by atoms with van der Waals surface area (Å²) in [6.45, 7) is 6.95. The van der Waals surface area contributed by atoms with Crippen LogP contribution in [-0.2, 0) is 11.3 Å². The van der Waals surface area contributed by atoms with E-state index in [0.29, 0.717) is 0 Å². The van der Waals surface area contributed by atoms with Gasteiger partial charge in [-0.25, -0.2) is 0 Å². The highest BCUT2D eigenvalue weighted by Crippen LogP contribution is 2.31. The highest BCUT2D eigenvalue weighted by Gasteiger charge is 2.10. The van der Waals surface area contributed by atoms with Gasteiger partial charge in [-0.3, -0.25) is 4.79 Å². The van der Waals surface area contributed by atoms with Crippen molar-refractivity contribution in [3.8, 4) is 0 Å². The van der Waals surface area contributed by atoms with Gasteiger partial charge in [0.05, 0.1) is 0 Å². The van der Waals surface area contributed by atoms with Crippen molar-refractivity contribution in [2.45, 2.75) is 40.2 Å². The molecule has 1 aromatic heterocycles. The number of hydrogen-bond acceptors (Lipinski definition) is 2. The molecule has 0 radical (unpaired) electrons. The van der Waals surface area contributed by atoms with Crippen LogP contribution >= 0.6 is 11.8 Å². The van der Waals surface area contributed by atoms with E-state index >= 15 is 0 Å². The molecule has 0 bridgehead atoms. The van der Waals surface area contributed by atoms with E-state index in [4.69, 9.17) is 0 Å². The Morgan fingerprint density at radius 3 is 2.04 bits per heavy atom. The molecule has 0 aliphatic carbocycles. The molecular formula is C20H23NOS. The van der Waals surface area contributed by atoms with E-state index < -0.39 is 0 Å². The highest BCUT2D eigenvalue weighted by molar-refractivity contribution is 8.13. The first-order valence-electron chi connectivity index (χ1n) is 8.19. The number of carbonyl (C=O) groups excluding carboxylic acids is 1. The van der Waals surface area contributed by atoms with Gasteiger partial charge in [0.1, 0.15) is 0 Å². The molecule has 0 unspecified atom stereocenters. The van der Waals surface area contributed by atoms with E-state index in [9.17, 15) is 4.79 Å². The van der Waals surface area contributed by atoms with Crippen LogP contribution in [0.2, 0.25) is 0 Å². The molecule has 3 rings (SSSR count). The third-order valence-corrected chi connectivity index (χ3v) is 5.16. The Kier molecular flexibility index (Phi) is 4.76. The maximum Gasteiger partial charge on any atom is 0.185 e. The number of hydrogen-bond donors (Lipinski definition) is 0. The Morgan fingerprint density at radius 2 is 1.52 bits per heavy atom. The second-order valence-electron chi connectivity index (χ2n) is 6.24. The number of benzene rings is 2. The van der Waals surface area contributed by atoms with Gasteiger partial charge in [-0.05, 0) is 51.0 Å². The van der Waals surface area contributed by atoms with Crippen LogP contribution < -0.4 is 0 Å². The summed E-state index contributed by atoms with van der Waals surface area (Å²) in [6.07, 6.45) is 2.17. The lowest BCUT2D eigenvalue weighted by Crippen LogP contribution is -1.99. The van der Waals surface area contributed by atoms with Crippen LogP contribution in [0, 0.1) is 13.8 Å². The zero-order chi connectivity index (χ0) is 16.4. The van der Waals surface area contributed by atoms with E-state index in [-0.39, 0.29) is 5.12 Å². The van der Waals surface area contributed by atoms with Crippen molar-refractivity contribution in [2.24, 2.45) is 0 Å². The van der Waals surface area contributed by atoms with Gasteiger partial charge in [-0.1, -0.05) is 35.0 Å². The molecule has 23 heavy (non-hydrogen) atoms. The van der Waals surface area contributed by atoms with Crippen LogP contribution in [0.15, 0.2) is 36.4 Å². The zero-order valence-electron chi connectivity index (χ0n) is 14.1. The fourth-order valence-electron chi connectivity index (χ4n) is 3.16. The molecule has 2 aromatic carbocycles. The van der Waals surface area contributed by atoms with Gasteiger partial charge in [0.2, 0.25) is 0 Å². The van der Waals surface area contributed by atoms with Gasteiger partial charge in [0, 0.05) is 41.0 Å². The lowest BCUT2D eigenvalue weighted by molar-refractivity contribution is -0.109. The summed E-state index contributed by atoms with van der Waals surface area (Å²) in [5, 5.41) is 2.91. The number of carbonyl (C=O) groups is 1. The number of aromatic nitrogens is 1. The molecule has 0 aliphatic rings. The topological polar surface area (TPSA) is 22.0 Å². The summed E-state index contributed by atoms with van der Waals surface area (Å²) in [4.78, 5) is 11.0. The van der Waals surface area contributed by atoms with Crippen LogP contribution in [0.5, 0.6) is 0 Å². The van der Waals surface area contributed by atoms with Gasteiger partial charge >= 0.3 is 0 Å². The molecule has 3 aromatic rings. The maximum atomic E-state index is 11.0. The molecule has 0 spiro atoms. The van der Waals surface area contributed by atoms with Gasteiger partial charge in [-0.2, -0.15) is 0 Å². The van der Waals surface area contributed by atoms with Crippen molar-refractivity contribution in [1.82, 2.24) is 4.57 Å². The first-order chi connectivity index (χ1) is 11.1. The summed E-state index contributed by atoms with van der Waals surface area (Å²) >= 11 is 1.43. The second-order valence-corrected chi connectivity index (χ2v) is 7.51. The predicted molar refractivity (Wildman–Crippen MR) is 101 cm³/mol. The minimum absolute atomic E-state index is 0.216. The number of fused-ring (bicyclic) bond motifs is 3. The lowest BCUT2D eigenvalue weighted by Gasteiger charge is -2.07. The summed E-state index contributed by atoms with van der Waals surface area (Å²) < 4.78 is 2.43. The van der Waals surface area contributed by atoms with Crippen LogP contribution in [0.1, 0.15) is 30.9 Å². The van der Waals surface area contributed by atoms with Gasteiger partial charge in [-0.15, -0.1) is 0 Å². The monoisotopic (exact) mass is 325 g/mol. The third kappa shape index (κ3) is 3.45. The Hall–Kier alpha value is -1.74. The largest absolute Gasteiger partial charge is 0.340 e. The van der Waals surface area contributed by atoms with Crippen molar-refractivity contribution in [3.63, 3.8) is 0 Å². The molecule has 3 heteroatoms. The summed E-state index contributed by atoms with van der Waals surface area (Å²) in [5.74, 6) is 0.921. The molecule has 0 aliphatic heterocycles. The van der Waals surface area contributed by atoms with E-state index in [0.717, 1.165) is 25.1 Å². The Morgan fingerprint density at radius 1 is 0.957 bits per heavy atom. The van der Waals surface area contributed by atoms with Gasteiger partial charge in [0.25, 0.3) is 0 Å². The Balaban J connectivity index is 1.93. The maximum absolute atomic E-state index is 11.0. The Bertz CT molecular complexity index is 804. The fraction of sp³-hybridized carbons (Fsp3) is 0.350. The molecule has 0 atom stereocenters. The summed E-state index contributed by atoms with van der Waals surface area (Å²) in [7, 11) is 0. The quantitative estimate of drug-likeness (QED) is 0.580. The average molecular weight is 325 g/mol. The Labute approximate surface area is 141 Å². The van der Waals surface area contributed by atoms with Crippen LogP contribution in [0.4, 0.5) is 0 Å². The van der Waals surface area contributed by atoms with Crippen molar-refractivity contribution >= 4 is 38.7 Å². The first kappa shape index (κ1) is 16.1. The summed E-state index contributed by atoms with van der Waals surface area (Å²) in [5.41, 5.74) is 5.23. The molecule has 0 amide bonds. The second kappa shape index (κ2) is 6.79. The molecule has 0 saturated heterocycles. The number of unbranched alkanes of at least 4 members (excludes halogenated alkanes) is 1. The van der Waals surface area contributed by atoms with E-state index in [1.54, 1.807) is 6.92 Å². The lowest BCUT2D eigenvalue weighted by atomic mass is 10.1. The van der Waals surface area contributed by atoms with Crippen LogP contribution in [0.3, 0.4) is 0 Å². The fourth-order valence-corrected chi connectivity index (χ4v) is 3.80. The minimum Gasteiger partial charge on any atom is -0.340 e. The number of thioether (sulfide) groups is 1. The number of rotatable bonds is 5. The van der Waals surface area contributed by atoms with Crippen molar-refractivity contribution in [1.29, 1.82) is 0 Å². The average Bonchev–Trinajstić information content (AvgIpc) is 2.79. The predicted octanol–water partition coefficient (Wildman–Crippen LogP) is 5.47.